The third-order valence-corrected chi connectivity index (χ3v) is 8.49. The highest BCUT2D eigenvalue weighted by atomic mass is 16.6. The van der Waals surface area contributed by atoms with Crippen molar-refractivity contribution >= 4 is 12.1 Å². The third-order valence-electron chi connectivity index (χ3n) is 8.49. The zero-order valence-electron chi connectivity index (χ0n) is 27.4. The Morgan fingerprint density at radius 1 is 0.833 bits per heavy atom. The molecule has 0 aromatic carbocycles. The molecule has 0 radical (unpaired) electrons. The lowest BCUT2D eigenvalue weighted by Gasteiger charge is -2.28. The maximum atomic E-state index is 12.8. The maximum Gasteiger partial charge on any atom is 0.412 e. The number of aromatic nitrogens is 1. The molecule has 0 aliphatic carbocycles. The van der Waals surface area contributed by atoms with Gasteiger partial charge in [-0.05, 0) is 19.8 Å². The lowest BCUT2D eigenvalue weighted by molar-refractivity contribution is -0.700. The van der Waals surface area contributed by atoms with Crippen molar-refractivity contribution in [1.82, 2.24) is 5.32 Å². The number of amides is 1. The molecule has 0 saturated carbocycles. The van der Waals surface area contributed by atoms with Gasteiger partial charge in [-0.25, -0.2) is 9.59 Å². The molecule has 1 aromatic rings. The Kier molecular flexibility index (Phi) is 19.2. The molecule has 7 nitrogen and oxygen atoms in total. The highest BCUT2D eigenvalue weighted by Crippen LogP contribution is 2.36. The predicted octanol–water partition coefficient (Wildman–Crippen LogP) is 9.07. The Morgan fingerprint density at radius 2 is 1.33 bits per heavy atom. The van der Waals surface area contributed by atoms with Crippen LogP contribution in [0.1, 0.15) is 170 Å². The molecule has 42 heavy (non-hydrogen) atoms. The highest BCUT2D eigenvalue weighted by Gasteiger charge is 2.37. The fourth-order valence-electron chi connectivity index (χ4n) is 5.76. The molecule has 1 N–H and O–H groups in total. The predicted molar refractivity (Wildman–Crippen MR) is 169 cm³/mol. The largest absolute Gasteiger partial charge is 0.461 e. The summed E-state index contributed by atoms with van der Waals surface area (Å²) in [5.74, 6) is 0.0775. The first-order chi connectivity index (χ1) is 20.5. The number of ether oxygens (including phenoxy) is 3. The minimum Gasteiger partial charge on any atom is -0.461 e. The summed E-state index contributed by atoms with van der Waals surface area (Å²) >= 11 is 0. The van der Waals surface area contributed by atoms with E-state index in [1.807, 2.05) is 11.5 Å². The van der Waals surface area contributed by atoms with E-state index in [1.165, 1.54) is 97.0 Å². The SMILES string of the molecule is CCCCCCCCCCCCCCCCCCNC(=O)Oc1c[n+](CCCCC)c(C(=O)OC)c(C2CCO2)c1C. The first-order valence-corrected chi connectivity index (χ1v) is 17.3. The van der Waals surface area contributed by atoms with E-state index in [0.29, 0.717) is 31.1 Å². The summed E-state index contributed by atoms with van der Waals surface area (Å²) in [5.41, 5.74) is 2.02. The topological polar surface area (TPSA) is 77.7 Å². The standard InChI is InChI=1S/C35H60N2O5/c1-5-7-9-10-11-12-13-14-15-16-17-18-19-20-21-22-25-36-35(39)42-31-28-37(26-23-8-6-2)33(34(38)40-4)32(29(31)3)30-24-27-41-30/h28,30H,5-27H2,1-4H3/p+1. The summed E-state index contributed by atoms with van der Waals surface area (Å²) in [7, 11) is 1.40. The van der Waals surface area contributed by atoms with Crippen LogP contribution >= 0.6 is 0 Å². The smallest absolute Gasteiger partial charge is 0.412 e. The molecule has 7 heteroatoms. The quantitative estimate of drug-likeness (QED) is 0.0739. The Bertz CT molecular complexity index is 900. The number of aryl methyl sites for hydroxylation is 1. The Hall–Kier alpha value is -2.15. The van der Waals surface area contributed by atoms with Crippen LogP contribution in [-0.2, 0) is 16.0 Å². The minimum absolute atomic E-state index is 0.187. The second-order valence-corrected chi connectivity index (χ2v) is 12.0. The second-order valence-electron chi connectivity index (χ2n) is 12.0. The minimum atomic E-state index is -0.453. The van der Waals surface area contributed by atoms with Gasteiger partial charge in [0.2, 0.25) is 6.20 Å². The van der Waals surface area contributed by atoms with Gasteiger partial charge >= 0.3 is 12.1 Å². The van der Waals surface area contributed by atoms with Gasteiger partial charge in [-0.15, -0.1) is 0 Å². The van der Waals surface area contributed by atoms with Crippen LogP contribution in [0.2, 0.25) is 0 Å². The summed E-state index contributed by atoms with van der Waals surface area (Å²) in [5, 5.41) is 2.91. The fraction of sp³-hybridized carbons (Fsp3) is 0.800. The van der Waals surface area contributed by atoms with Crippen LogP contribution < -0.4 is 14.6 Å². The Morgan fingerprint density at radius 3 is 1.81 bits per heavy atom. The van der Waals surface area contributed by atoms with Crippen molar-refractivity contribution in [1.29, 1.82) is 0 Å². The maximum absolute atomic E-state index is 12.8. The van der Waals surface area contributed by atoms with E-state index in [9.17, 15) is 9.59 Å². The molecular weight excluding hydrogens is 528 g/mol. The lowest BCUT2D eigenvalue weighted by Crippen LogP contribution is -2.44. The van der Waals surface area contributed by atoms with Crippen molar-refractivity contribution in [3.63, 3.8) is 0 Å². The van der Waals surface area contributed by atoms with Crippen LogP contribution in [0.5, 0.6) is 5.75 Å². The number of unbranched alkanes of at least 4 members (excludes halogenated alkanes) is 17. The third kappa shape index (κ3) is 13.4. The Labute approximate surface area is 256 Å². The van der Waals surface area contributed by atoms with Gasteiger partial charge in [0.05, 0.1) is 25.4 Å². The number of hydrogen-bond donors (Lipinski definition) is 1. The van der Waals surface area contributed by atoms with Crippen molar-refractivity contribution < 1.29 is 28.4 Å². The molecule has 1 unspecified atom stereocenters. The van der Waals surface area contributed by atoms with Gasteiger partial charge in [-0.1, -0.05) is 117 Å². The summed E-state index contributed by atoms with van der Waals surface area (Å²) in [6.45, 7) is 8.22. The van der Waals surface area contributed by atoms with E-state index in [1.54, 1.807) is 6.20 Å². The molecule has 1 atom stereocenters. The van der Waals surface area contributed by atoms with Gasteiger partial charge in [0.1, 0.15) is 6.54 Å². The van der Waals surface area contributed by atoms with Crippen molar-refractivity contribution in [2.75, 3.05) is 20.3 Å². The molecule has 1 amide bonds. The lowest BCUT2D eigenvalue weighted by atomic mass is 9.95. The number of methoxy groups -OCH3 is 1. The van der Waals surface area contributed by atoms with Gasteiger partial charge in [-0.2, -0.15) is 4.57 Å². The molecule has 1 fully saturated rings. The van der Waals surface area contributed by atoms with Crippen molar-refractivity contribution in [2.45, 2.75) is 162 Å². The molecule has 1 aliphatic rings. The molecule has 2 heterocycles. The van der Waals surface area contributed by atoms with E-state index in [-0.39, 0.29) is 12.1 Å². The van der Waals surface area contributed by atoms with Crippen LogP contribution in [0.25, 0.3) is 0 Å². The van der Waals surface area contributed by atoms with Gasteiger partial charge < -0.3 is 19.5 Å². The number of esters is 1. The Balaban J connectivity index is 1.67. The van der Waals surface area contributed by atoms with Crippen molar-refractivity contribution in [3.8, 4) is 5.75 Å². The number of pyridine rings is 1. The summed E-state index contributed by atoms with van der Waals surface area (Å²) in [4.78, 5) is 25.5. The molecule has 0 bridgehead atoms. The number of carbonyl (C=O) groups excluding carboxylic acids is 2. The second kappa shape index (κ2) is 22.4. The number of carbonyl (C=O) groups is 2. The van der Waals surface area contributed by atoms with Crippen LogP contribution in [0, 0.1) is 6.92 Å². The van der Waals surface area contributed by atoms with Gasteiger partial charge in [0.25, 0.3) is 5.69 Å². The number of nitrogens with one attached hydrogen (secondary N) is 1. The molecule has 240 valence electrons. The van der Waals surface area contributed by atoms with Gasteiger partial charge in [0.15, 0.2) is 5.75 Å². The number of nitrogens with zero attached hydrogens (tertiary/aromatic N) is 1. The van der Waals surface area contributed by atoms with Crippen molar-refractivity contribution in [3.05, 3.63) is 23.0 Å². The van der Waals surface area contributed by atoms with Crippen LogP contribution in [-0.4, -0.2) is 32.3 Å². The van der Waals surface area contributed by atoms with Gasteiger partial charge in [-0.3, -0.25) is 0 Å². The normalized spacial score (nSPS) is 14.4. The average Bonchev–Trinajstić information content (AvgIpc) is 2.95. The first kappa shape index (κ1) is 36.0. The van der Waals surface area contributed by atoms with Crippen LogP contribution in [0.15, 0.2) is 6.20 Å². The van der Waals surface area contributed by atoms with Crippen LogP contribution in [0.3, 0.4) is 0 Å². The molecule has 0 spiro atoms. The molecule has 1 saturated heterocycles. The van der Waals surface area contributed by atoms with E-state index in [4.69, 9.17) is 14.2 Å². The molecular formula is C35H61N2O5+. The molecule has 1 aromatic heterocycles. The summed E-state index contributed by atoms with van der Waals surface area (Å²) in [6, 6.07) is 0. The van der Waals surface area contributed by atoms with E-state index in [0.717, 1.165) is 49.7 Å². The zero-order valence-corrected chi connectivity index (χ0v) is 27.4. The van der Waals surface area contributed by atoms with Gasteiger partial charge in [0, 0.05) is 24.9 Å². The monoisotopic (exact) mass is 589 g/mol. The fourth-order valence-corrected chi connectivity index (χ4v) is 5.76. The van der Waals surface area contributed by atoms with E-state index in [2.05, 4.69) is 19.2 Å². The number of rotatable bonds is 24. The highest BCUT2D eigenvalue weighted by molar-refractivity contribution is 5.88. The first-order valence-electron chi connectivity index (χ1n) is 17.3. The summed E-state index contributed by atoms with van der Waals surface area (Å²) < 4.78 is 18.5. The number of hydrogen-bond acceptors (Lipinski definition) is 5. The van der Waals surface area contributed by atoms with E-state index >= 15 is 0 Å². The van der Waals surface area contributed by atoms with E-state index < -0.39 is 6.09 Å². The van der Waals surface area contributed by atoms with Crippen molar-refractivity contribution in [2.24, 2.45) is 0 Å². The average molecular weight is 590 g/mol. The van der Waals surface area contributed by atoms with Crippen LogP contribution in [0.4, 0.5) is 4.79 Å². The zero-order chi connectivity index (χ0) is 30.4. The molecule has 2 rings (SSSR count). The summed E-state index contributed by atoms with van der Waals surface area (Å²) in [6.07, 6.45) is 26.2. The molecule has 1 aliphatic heterocycles.